The second-order valence-electron chi connectivity index (χ2n) is 17.3. The summed E-state index contributed by atoms with van der Waals surface area (Å²) in [5.74, 6) is 0.705. The zero-order chi connectivity index (χ0) is 42.1. The predicted octanol–water partition coefficient (Wildman–Crippen LogP) is 16.2. The molecule has 0 saturated carbocycles. The summed E-state index contributed by atoms with van der Waals surface area (Å²) in [6.45, 7) is 4.67. The highest BCUT2D eigenvalue weighted by Crippen LogP contribution is 2.52. The van der Waals surface area contributed by atoms with E-state index in [2.05, 4.69) is 214 Å². The zero-order valence-corrected chi connectivity index (χ0v) is 35.2. The fourth-order valence-corrected chi connectivity index (χ4v) is 10.2. The lowest BCUT2D eigenvalue weighted by Gasteiger charge is -2.21. The molecule has 296 valence electrons. The van der Waals surface area contributed by atoms with E-state index in [9.17, 15) is 0 Å². The van der Waals surface area contributed by atoms with Gasteiger partial charge in [0.1, 0.15) is 0 Å². The molecule has 2 heteroatoms. The van der Waals surface area contributed by atoms with E-state index in [0.717, 1.165) is 28.1 Å². The zero-order valence-electron chi connectivity index (χ0n) is 35.2. The van der Waals surface area contributed by atoms with Gasteiger partial charge in [0.2, 0.25) is 0 Å². The lowest BCUT2D eigenvalue weighted by Crippen LogP contribution is -2.14. The van der Waals surface area contributed by atoms with E-state index in [-0.39, 0.29) is 5.41 Å². The van der Waals surface area contributed by atoms with Crippen LogP contribution >= 0.6 is 0 Å². The van der Waals surface area contributed by atoms with Crippen molar-refractivity contribution in [3.05, 3.63) is 230 Å². The summed E-state index contributed by atoms with van der Waals surface area (Å²) in [6.07, 6.45) is 0. The van der Waals surface area contributed by atoms with E-state index >= 15 is 0 Å². The van der Waals surface area contributed by atoms with Gasteiger partial charge < -0.3 is 0 Å². The van der Waals surface area contributed by atoms with Crippen LogP contribution in [0.15, 0.2) is 218 Å². The monoisotopic (exact) mass is 802 g/mol. The van der Waals surface area contributed by atoms with Crippen LogP contribution in [-0.4, -0.2) is 9.97 Å². The van der Waals surface area contributed by atoms with Crippen molar-refractivity contribution in [3.8, 4) is 78.4 Å². The Morgan fingerprint density at radius 2 is 0.825 bits per heavy atom. The Balaban J connectivity index is 0.977. The van der Waals surface area contributed by atoms with E-state index in [1.165, 1.54) is 88.0 Å². The summed E-state index contributed by atoms with van der Waals surface area (Å²) in [4.78, 5) is 10.4. The van der Waals surface area contributed by atoms with E-state index in [1.807, 2.05) is 18.2 Å². The Morgan fingerprint density at radius 3 is 1.52 bits per heavy atom. The Bertz CT molecular complexity index is 3550. The number of benzene rings is 10. The minimum Gasteiger partial charge on any atom is -0.228 e. The first kappa shape index (κ1) is 36.9. The summed E-state index contributed by atoms with van der Waals surface area (Å²) < 4.78 is 0. The molecule has 63 heavy (non-hydrogen) atoms. The van der Waals surface area contributed by atoms with Crippen molar-refractivity contribution >= 4 is 32.3 Å². The summed E-state index contributed by atoms with van der Waals surface area (Å²) in [5.41, 5.74) is 17.6. The summed E-state index contributed by atoms with van der Waals surface area (Å²) >= 11 is 0. The molecule has 1 aliphatic rings. The van der Waals surface area contributed by atoms with Crippen molar-refractivity contribution in [2.75, 3.05) is 0 Å². The van der Waals surface area contributed by atoms with Crippen molar-refractivity contribution in [3.63, 3.8) is 0 Å². The molecule has 0 atom stereocenters. The van der Waals surface area contributed by atoms with Gasteiger partial charge in [-0.25, -0.2) is 9.97 Å². The number of rotatable bonds is 6. The summed E-state index contributed by atoms with van der Waals surface area (Å²) in [6, 6.07) is 79.1. The third kappa shape index (κ3) is 6.02. The van der Waals surface area contributed by atoms with Gasteiger partial charge in [0.25, 0.3) is 0 Å². The third-order valence-electron chi connectivity index (χ3n) is 13.3. The van der Waals surface area contributed by atoms with Crippen LogP contribution in [0.4, 0.5) is 0 Å². The first-order valence-corrected chi connectivity index (χ1v) is 21.8. The van der Waals surface area contributed by atoms with Gasteiger partial charge in [-0.15, -0.1) is 0 Å². The highest BCUT2D eigenvalue weighted by Gasteiger charge is 2.36. The molecule has 1 aromatic heterocycles. The Labute approximate surface area is 367 Å². The first-order chi connectivity index (χ1) is 31.0. The van der Waals surface area contributed by atoms with Crippen molar-refractivity contribution in [1.29, 1.82) is 0 Å². The molecule has 0 unspecified atom stereocenters. The normalized spacial score (nSPS) is 12.7. The second kappa shape index (κ2) is 14.6. The largest absolute Gasteiger partial charge is 0.228 e. The van der Waals surface area contributed by atoms with Gasteiger partial charge >= 0.3 is 0 Å². The number of aromatic nitrogens is 2. The van der Waals surface area contributed by atoms with E-state index in [1.54, 1.807) is 0 Å². The molecule has 12 rings (SSSR count). The van der Waals surface area contributed by atoms with Crippen LogP contribution < -0.4 is 0 Å². The van der Waals surface area contributed by atoms with Crippen LogP contribution in [0, 0.1) is 0 Å². The average molecular weight is 803 g/mol. The summed E-state index contributed by atoms with van der Waals surface area (Å²) in [7, 11) is 0. The molecule has 0 fully saturated rings. The maximum atomic E-state index is 5.21. The van der Waals surface area contributed by atoms with Crippen molar-refractivity contribution in [2.45, 2.75) is 19.3 Å². The van der Waals surface area contributed by atoms with Crippen LogP contribution in [0.25, 0.3) is 111 Å². The molecule has 0 spiro atoms. The van der Waals surface area contributed by atoms with Gasteiger partial charge in [-0.1, -0.05) is 226 Å². The minimum absolute atomic E-state index is 0.0469. The average Bonchev–Trinajstić information content (AvgIpc) is 3.59. The standard InChI is InChI=1S/C61H42N2/c1-61(2)52-26-14-13-24-50(52)58-46(25-15-27-53(58)61)40-28-30-41(31-29-40)54-38-55(63-60(62-54)45-19-7-4-8-20-45)42-32-34-44(35-33-42)56-48-22-11-12-23-49(48)57(43-17-5-3-6-18-43)59-47-21-10-9-16-39(47)36-37-51(56)59/h3-38H,1-2H3. The molecule has 1 heterocycles. The van der Waals surface area contributed by atoms with Crippen LogP contribution in [0.5, 0.6) is 0 Å². The molecule has 2 nitrogen and oxygen atoms in total. The molecule has 0 bridgehead atoms. The Morgan fingerprint density at radius 1 is 0.317 bits per heavy atom. The molecule has 11 aromatic rings. The highest BCUT2D eigenvalue weighted by molar-refractivity contribution is 6.27. The number of nitrogens with zero attached hydrogens (tertiary/aromatic N) is 2. The van der Waals surface area contributed by atoms with Gasteiger partial charge in [-0.05, 0) is 94.0 Å². The molecular formula is C61H42N2. The molecule has 0 saturated heterocycles. The van der Waals surface area contributed by atoms with Crippen molar-refractivity contribution in [1.82, 2.24) is 9.97 Å². The molecular weight excluding hydrogens is 761 g/mol. The molecule has 1 aliphatic carbocycles. The highest BCUT2D eigenvalue weighted by atomic mass is 14.9. The maximum Gasteiger partial charge on any atom is 0.160 e. The Hall–Kier alpha value is -7.94. The molecule has 0 radical (unpaired) electrons. The molecule has 0 aliphatic heterocycles. The third-order valence-corrected chi connectivity index (χ3v) is 13.3. The minimum atomic E-state index is -0.0469. The number of hydrogen-bond acceptors (Lipinski definition) is 2. The maximum absolute atomic E-state index is 5.21. The Kier molecular flexibility index (Phi) is 8.55. The van der Waals surface area contributed by atoms with Gasteiger partial charge in [0, 0.05) is 22.1 Å². The lowest BCUT2D eigenvalue weighted by atomic mass is 9.82. The van der Waals surface area contributed by atoms with E-state index < -0.39 is 0 Å². The van der Waals surface area contributed by atoms with Crippen LogP contribution in [-0.2, 0) is 5.41 Å². The van der Waals surface area contributed by atoms with E-state index in [0.29, 0.717) is 5.82 Å². The molecule has 0 amide bonds. The second-order valence-corrected chi connectivity index (χ2v) is 17.3. The van der Waals surface area contributed by atoms with E-state index in [4.69, 9.17) is 9.97 Å². The fourth-order valence-electron chi connectivity index (χ4n) is 10.2. The summed E-state index contributed by atoms with van der Waals surface area (Å²) in [5, 5.41) is 7.50. The van der Waals surface area contributed by atoms with Gasteiger partial charge in [-0.2, -0.15) is 0 Å². The number of fused-ring (bicyclic) bond motifs is 7. The first-order valence-electron chi connectivity index (χ1n) is 21.8. The van der Waals surface area contributed by atoms with Crippen molar-refractivity contribution in [2.24, 2.45) is 0 Å². The van der Waals surface area contributed by atoms with Crippen LogP contribution in [0.3, 0.4) is 0 Å². The van der Waals surface area contributed by atoms with Crippen LogP contribution in [0.1, 0.15) is 25.0 Å². The SMILES string of the molecule is CC1(C)c2ccccc2-c2c(-c3ccc(-c4cc(-c5ccc(-c6c7ccccc7c(-c7ccccc7)c7c6ccc6ccccc67)cc5)nc(-c5ccccc5)n4)cc3)cccc21. The predicted molar refractivity (Wildman–Crippen MR) is 265 cm³/mol. The fraction of sp³-hybridized carbons (Fsp3) is 0.0492. The van der Waals surface area contributed by atoms with Gasteiger partial charge in [-0.3, -0.25) is 0 Å². The molecule has 0 N–H and O–H groups in total. The smallest absolute Gasteiger partial charge is 0.160 e. The molecule has 10 aromatic carbocycles. The lowest BCUT2D eigenvalue weighted by molar-refractivity contribution is 0.660. The quantitative estimate of drug-likeness (QED) is 0.124. The van der Waals surface area contributed by atoms with Gasteiger partial charge in [0.05, 0.1) is 11.4 Å². The van der Waals surface area contributed by atoms with Crippen molar-refractivity contribution < 1.29 is 0 Å². The van der Waals surface area contributed by atoms with Crippen LogP contribution in [0.2, 0.25) is 0 Å². The van der Waals surface area contributed by atoms with Gasteiger partial charge in [0.15, 0.2) is 5.82 Å². The number of hydrogen-bond donors (Lipinski definition) is 0. The topological polar surface area (TPSA) is 25.8 Å².